The summed E-state index contributed by atoms with van der Waals surface area (Å²) in [5.74, 6) is -0.686. The third kappa shape index (κ3) is 4.10. The van der Waals surface area contributed by atoms with Crippen LogP contribution >= 0.6 is 0 Å². The number of amides is 2. The van der Waals surface area contributed by atoms with E-state index in [4.69, 9.17) is 0 Å². The average molecular weight is 428 g/mol. The number of hydroxylamine groups is 1. The van der Waals surface area contributed by atoms with Gasteiger partial charge in [-0.1, -0.05) is 36.4 Å². The van der Waals surface area contributed by atoms with Crippen LogP contribution in [0.5, 0.6) is 0 Å². The molecule has 3 aromatic carbocycles. The van der Waals surface area contributed by atoms with Gasteiger partial charge in [-0.3, -0.25) is 14.9 Å². The molecule has 1 heterocycles. The zero-order valence-corrected chi connectivity index (χ0v) is 18.2. The number of nitrogens with one attached hydrogen (secondary N) is 1. The smallest absolute Gasteiger partial charge is 0.349 e. The van der Waals surface area contributed by atoms with E-state index in [9.17, 15) is 14.8 Å². The Bertz CT molecular complexity index is 1180. The highest BCUT2D eigenvalue weighted by molar-refractivity contribution is 6.13. The Labute approximate surface area is 187 Å². The van der Waals surface area contributed by atoms with Crippen LogP contribution < -0.4 is 9.96 Å². The second kappa shape index (κ2) is 9.26. The number of aliphatic imine (C=N–C) groups is 1. The van der Waals surface area contributed by atoms with Crippen LogP contribution in [-0.2, 0) is 0 Å². The van der Waals surface area contributed by atoms with E-state index in [1.165, 1.54) is 0 Å². The molecule has 6 heteroatoms. The van der Waals surface area contributed by atoms with Gasteiger partial charge in [-0.05, 0) is 49.6 Å². The summed E-state index contributed by atoms with van der Waals surface area (Å²) in [6.45, 7) is 2.39. The third-order valence-corrected chi connectivity index (χ3v) is 5.81. The van der Waals surface area contributed by atoms with Gasteiger partial charge in [0.05, 0.1) is 11.3 Å². The molecule has 32 heavy (non-hydrogen) atoms. The van der Waals surface area contributed by atoms with Crippen molar-refractivity contribution >= 4 is 28.9 Å². The number of benzene rings is 3. The van der Waals surface area contributed by atoms with Gasteiger partial charge in [0.15, 0.2) is 0 Å². The van der Waals surface area contributed by atoms with Gasteiger partial charge in [0.1, 0.15) is 5.69 Å². The Morgan fingerprint density at radius 1 is 0.969 bits per heavy atom. The van der Waals surface area contributed by atoms with Gasteiger partial charge < -0.3 is 10.1 Å². The van der Waals surface area contributed by atoms with Gasteiger partial charge in [-0.25, -0.2) is 4.79 Å². The Morgan fingerprint density at radius 3 is 2.38 bits per heavy atom. The maximum atomic E-state index is 13.3. The second-order valence-electron chi connectivity index (χ2n) is 7.80. The molecule has 0 spiro atoms. The molecule has 0 fully saturated rings. The SMILES string of the molecule is CN=C1CCCN(C(=O)c2ccc([NH+]([O-])C(=O)c3ccccc3C)cc2)c2ccccc21. The van der Waals surface area contributed by atoms with E-state index in [-0.39, 0.29) is 11.6 Å². The topological polar surface area (TPSA) is 77.2 Å². The lowest BCUT2D eigenvalue weighted by molar-refractivity contribution is -0.679. The number of aryl methyl sites for hydroxylation is 1. The summed E-state index contributed by atoms with van der Waals surface area (Å²) >= 11 is 0. The molecule has 0 aromatic heterocycles. The molecule has 1 aliphatic rings. The van der Waals surface area contributed by atoms with Crippen LogP contribution in [-0.4, -0.2) is 31.1 Å². The molecule has 0 saturated carbocycles. The number of hydrogen-bond donors (Lipinski definition) is 1. The van der Waals surface area contributed by atoms with Crippen molar-refractivity contribution in [3.8, 4) is 0 Å². The molecule has 0 radical (unpaired) electrons. The molecular formula is C26H25N3O3. The molecule has 0 bridgehead atoms. The monoisotopic (exact) mass is 427 g/mol. The Hall–Kier alpha value is -3.61. The lowest BCUT2D eigenvalue weighted by atomic mass is 10.0. The minimum Gasteiger partial charge on any atom is -0.621 e. The predicted octanol–water partition coefficient (Wildman–Crippen LogP) is 3.71. The zero-order chi connectivity index (χ0) is 22.7. The van der Waals surface area contributed by atoms with Crippen molar-refractivity contribution in [1.29, 1.82) is 0 Å². The minimum atomic E-state index is -0.581. The first-order valence-electron chi connectivity index (χ1n) is 10.6. The number of fused-ring (bicyclic) bond motifs is 1. The van der Waals surface area contributed by atoms with E-state index >= 15 is 0 Å². The fourth-order valence-corrected chi connectivity index (χ4v) is 4.06. The fourth-order valence-electron chi connectivity index (χ4n) is 4.06. The molecule has 1 N–H and O–H groups in total. The highest BCUT2D eigenvalue weighted by atomic mass is 16.5. The van der Waals surface area contributed by atoms with Crippen LogP contribution in [0.15, 0.2) is 77.8 Å². The number of quaternary nitrogens is 1. The first-order valence-corrected chi connectivity index (χ1v) is 10.6. The highest BCUT2D eigenvalue weighted by Crippen LogP contribution is 2.28. The molecule has 162 valence electrons. The molecule has 1 atom stereocenters. The van der Waals surface area contributed by atoms with E-state index in [1.807, 2.05) is 30.3 Å². The van der Waals surface area contributed by atoms with E-state index in [1.54, 1.807) is 61.3 Å². The molecule has 6 nitrogen and oxygen atoms in total. The number of hydrogen-bond acceptors (Lipinski definition) is 4. The summed E-state index contributed by atoms with van der Waals surface area (Å²) in [5, 5.41) is 12.1. The maximum Gasteiger partial charge on any atom is 0.349 e. The van der Waals surface area contributed by atoms with Crippen molar-refractivity contribution in [3.05, 3.63) is 100 Å². The molecule has 1 unspecified atom stereocenters. The van der Waals surface area contributed by atoms with Crippen molar-refractivity contribution < 1.29 is 14.7 Å². The summed E-state index contributed by atoms with van der Waals surface area (Å²) in [6.07, 6.45) is 1.63. The third-order valence-electron chi connectivity index (χ3n) is 5.81. The van der Waals surface area contributed by atoms with Gasteiger partial charge >= 0.3 is 5.91 Å². The van der Waals surface area contributed by atoms with E-state index in [0.717, 1.165) is 35.4 Å². The van der Waals surface area contributed by atoms with E-state index in [2.05, 4.69) is 4.99 Å². The quantitative estimate of drug-likeness (QED) is 0.648. The number of nitrogens with zero attached hydrogens (tertiary/aromatic N) is 2. The summed E-state index contributed by atoms with van der Waals surface area (Å²) in [6, 6.07) is 21.1. The summed E-state index contributed by atoms with van der Waals surface area (Å²) < 4.78 is 0. The molecule has 0 saturated heterocycles. The van der Waals surface area contributed by atoms with Gasteiger partial charge in [0, 0.05) is 42.6 Å². The van der Waals surface area contributed by atoms with Crippen molar-refractivity contribution in [2.45, 2.75) is 19.8 Å². The predicted molar refractivity (Wildman–Crippen MR) is 126 cm³/mol. The van der Waals surface area contributed by atoms with Crippen LogP contribution in [0.3, 0.4) is 0 Å². The minimum absolute atomic E-state index is 0.140. The lowest BCUT2D eigenvalue weighted by Crippen LogP contribution is -3.05. The Balaban J connectivity index is 1.58. The number of carbonyl (C=O) groups is 2. The first kappa shape index (κ1) is 21.6. The van der Waals surface area contributed by atoms with Crippen LogP contribution in [0, 0.1) is 12.1 Å². The van der Waals surface area contributed by atoms with Gasteiger partial charge in [-0.2, -0.15) is 0 Å². The van der Waals surface area contributed by atoms with Crippen molar-refractivity contribution in [2.75, 3.05) is 18.5 Å². The molecule has 1 aliphatic heterocycles. The van der Waals surface area contributed by atoms with Crippen molar-refractivity contribution in [1.82, 2.24) is 0 Å². The molecule has 3 aromatic rings. The molecular weight excluding hydrogens is 402 g/mol. The number of carbonyl (C=O) groups excluding carboxylic acids is 2. The molecule has 0 aliphatic carbocycles. The van der Waals surface area contributed by atoms with Crippen LogP contribution in [0.4, 0.5) is 11.4 Å². The summed E-state index contributed by atoms with van der Waals surface area (Å²) in [7, 11) is 1.78. The second-order valence-corrected chi connectivity index (χ2v) is 7.80. The van der Waals surface area contributed by atoms with Crippen LogP contribution in [0.2, 0.25) is 0 Å². The number of anilines is 1. The molecule has 4 rings (SSSR count). The first-order chi connectivity index (χ1) is 15.5. The van der Waals surface area contributed by atoms with E-state index < -0.39 is 11.0 Å². The maximum absolute atomic E-state index is 13.3. The fraction of sp³-hybridized carbons (Fsp3) is 0.192. The van der Waals surface area contributed by atoms with Gasteiger partial charge in [0.2, 0.25) is 0 Å². The van der Waals surface area contributed by atoms with Crippen molar-refractivity contribution in [3.63, 3.8) is 0 Å². The number of rotatable bonds is 3. The largest absolute Gasteiger partial charge is 0.621 e. The highest BCUT2D eigenvalue weighted by Gasteiger charge is 2.25. The summed E-state index contributed by atoms with van der Waals surface area (Å²) in [4.78, 5) is 32.1. The van der Waals surface area contributed by atoms with Gasteiger partial charge in [0.25, 0.3) is 5.91 Å². The normalized spacial score (nSPS) is 15.7. The average Bonchev–Trinajstić information content (AvgIpc) is 3.02. The Kier molecular flexibility index (Phi) is 6.25. The lowest BCUT2D eigenvalue weighted by Gasteiger charge is -2.23. The zero-order valence-electron chi connectivity index (χ0n) is 18.2. The summed E-state index contributed by atoms with van der Waals surface area (Å²) in [5.41, 5.74) is 4.69. The van der Waals surface area contributed by atoms with E-state index in [0.29, 0.717) is 17.7 Å². The molecule has 2 amide bonds. The van der Waals surface area contributed by atoms with Gasteiger partial charge in [-0.15, -0.1) is 0 Å². The Morgan fingerprint density at radius 2 is 1.66 bits per heavy atom. The van der Waals surface area contributed by atoms with Crippen LogP contribution in [0.1, 0.15) is 44.7 Å². The van der Waals surface area contributed by atoms with Crippen LogP contribution in [0.25, 0.3) is 0 Å². The standard InChI is InChI=1S/C26H25N3O3/c1-18-8-3-4-9-21(18)26(31)29(32)20-15-13-19(14-16-20)25(30)28-17-7-11-23(27-2)22-10-5-6-12-24(22)28/h3-6,8-10,12-16,29H,7,11,17H2,1-2H3. The van der Waals surface area contributed by atoms with Crippen molar-refractivity contribution in [2.24, 2.45) is 4.99 Å². The number of para-hydroxylation sites is 1.